The van der Waals surface area contributed by atoms with E-state index in [4.69, 9.17) is 0 Å². The van der Waals surface area contributed by atoms with Crippen molar-refractivity contribution in [2.24, 2.45) is 0 Å². The van der Waals surface area contributed by atoms with Gasteiger partial charge in [-0.2, -0.15) is 14.6 Å². The van der Waals surface area contributed by atoms with Gasteiger partial charge in [-0.1, -0.05) is 6.07 Å². The zero-order valence-corrected chi connectivity index (χ0v) is 15.7. The summed E-state index contributed by atoms with van der Waals surface area (Å²) in [7, 11) is 0. The van der Waals surface area contributed by atoms with E-state index in [0.717, 1.165) is 66.1 Å². The molecule has 0 amide bonds. The first-order valence-corrected chi connectivity index (χ1v) is 9.78. The Hall–Kier alpha value is -3.78. The third kappa shape index (κ3) is 2.57. The monoisotopic (exact) mass is 400 g/mol. The molecule has 0 aliphatic rings. The third-order valence-electron chi connectivity index (χ3n) is 5.03. The van der Waals surface area contributed by atoms with Gasteiger partial charge in [-0.15, -0.1) is 11.3 Å². The Morgan fingerprint density at radius 3 is 2.69 bits per heavy atom. The minimum atomic E-state index is -0.210. The lowest BCUT2D eigenvalue weighted by Crippen LogP contribution is -1.79. The van der Waals surface area contributed by atoms with Gasteiger partial charge in [-0.3, -0.25) is 15.2 Å². The second-order valence-electron chi connectivity index (χ2n) is 6.75. The first kappa shape index (κ1) is 16.2. The molecule has 0 radical (unpaired) electrons. The summed E-state index contributed by atoms with van der Waals surface area (Å²) in [5.74, 6) is 0. The van der Waals surface area contributed by atoms with Gasteiger partial charge in [0.1, 0.15) is 5.69 Å². The van der Waals surface area contributed by atoms with Gasteiger partial charge < -0.3 is 4.98 Å². The first-order chi connectivity index (χ1) is 14.3. The lowest BCUT2D eigenvalue weighted by Gasteiger charge is -1.99. The summed E-state index contributed by atoms with van der Waals surface area (Å²) in [5.41, 5.74) is 6.51. The van der Waals surface area contributed by atoms with E-state index in [2.05, 4.69) is 36.4 Å². The smallest absolute Gasteiger partial charge is 0.176 e. The fourth-order valence-electron chi connectivity index (χ4n) is 3.64. The van der Waals surface area contributed by atoms with Crippen molar-refractivity contribution in [2.45, 2.75) is 0 Å². The van der Waals surface area contributed by atoms with Crippen LogP contribution in [0.2, 0.25) is 0 Å². The van der Waals surface area contributed by atoms with Gasteiger partial charge in [0.15, 0.2) is 5.13 Å². The number of hydrogen-bond acceptors (Lipinski definition) is 4. The molecule has 0 unspecified atom stereocenters. The highest BCUT2D eigenvalue weighted by atomic mass is 32.1. The molecule has 0 aliphatic heterocycles. The second-order valence-corrected chi connectivity index (χ2v) is 7.79. The number of pyridine rings is 1. The number of aromatic nitrogens is 6. The van der Waals surface area contributed by atoms with Crippen molar-refractivity contribution >= 4 is 33.1 Å². The topological polar surface area (TPSA) is 86.0 Å². The number of thiophene rings is 1. The number of fused-ring (bicyclic) bond motifs is 2. The van der Waals surface area contributed by atoms with E-state index in [1.165, 1.54) is 6.07 Å². The summed E-state index contributed by atoms with van der Waals surface area (Å²) >= 11 is 1.11. The Kier molecular flexibility index (Phi) is 3.41. The number of nitrogens with one attached hydrogen (secondary N) is 3. The SMILES string of the molecule is Fc1ccc(-c2cncc3[nH]c(-c4n[nH]c5ccc(-c6cn[nH]c6)cc45)cc23)s1. The minimum Gasteiger partial charge on any atom is -0.352 e. The first-order valence-electron chi connectivity index (χ1n) is 8.96. The molecule has 0 spiro atoms. The summed E-state index contributed by atoms with van der Waals surface area (Å²) in [4.78, 5) is 8.57. The summed E-state index contributed by atoms with van der Waals surface area (Å²) in [6, 6.07) is 11.4. The van der Waals surface area contributed by atoms with Crippen molar-refractivity contribution in [1.29, 1.82) is 0 Å². The molecule has 6 nitrogen and oxygen atoms in total. The molecule has 5 aromatic heterocycles. The number of rotatable bonds is 3. The Morgan fingerprint density at radius 1 is 0.897 bits per heavy atom. The average molecular weight is 400 g/mol. The Morgan fingerprint density at radius 2 is 1.86 bits per heavy atom. The summed E-state index contributed by atoms with van der Waals surface area (Å²) in [6.45, 7) is 0. The quantitative estimate of drug-likeness (QED) is 0.374. The maximum absolute atomic E-state index is 13.5. The van der Waals surface area contributed by atoms with Gasteiger partial charge in [0, 0.05) is 39.2 Å². The van der Waals surface area contributed by atoms with Crippen molar-refractivity contribution in [3.8, 4) is 33.0 Å². The van der Waals surface area contributed by atoms with Crippen LogP contribution in [0, 0.1) is 5.13 Å². The normalized spacial score (nSPS) is 11.6. The third-order valence-corrected chi connectivity index (χ3v) is 5.94. The standard InChI is InChI=1S/C21H13FN6S/c22-20-4-3-19(29-20)15-9-23-10-18-13(15)6-17(26-18)21-14-5-11(12-7-24-25-8-12)1-2-16(14)27-28-21/h1-10,26H,(H,24,25)(H,27,28). The summed E-state index contributed by atoms with van der Waals surface area (Å²) < 4.78 is 13.5. The maximum atomic E-state index is 13.5. The van der Waals surface area contributed by atoms with Crippen LogP contribution in [0.25, 0.3) is 54.8 Å². The van der Waals surface area contributed by atoms with Crippen LogP contribution >= 0.6 is 11.3 Å². The molecular weight excluding hydrogens is 387 g/mol. The fourth-order valence-corrected chi connectivity index (χ4v) is 4.40. The van der Waals surface area contributed by atoms with Gasteiger partial charge in [0.2, 0.25) is 0 Å². The lowest BCUT2D eigenvalue weighted by molar-refractivity contribution is 0.657. The molecular formula is C21H13FN6S. The zero-order valence-electron chi connectivity index (χ0n) is 14.9. The molecule has 29 heavy (non-hydrogen) atoms. The Balaban J connectivity index is 1.53. The second kappa shape index (κ2) is 6.11. The van der Waals surface area contributed by atoms with Gasteiger partial charge in [-0.25, -0.2) is 0 Å². The van der Waals surface area contributed by atoms with Crippen molar-refractivity contribution in [3.63, 3.8) is 0 Å². The van der Waals surface area contributed by atoms with Gasteiger partial charge in [0.25, 0.3) is 0 Å². The Bertz CT molecular complexity index is 1470. The van der Waals surface area contributed by atoms with Crippen LogP contribution in [0.3, 0.4) is 0 Å². The number of H-pyrrole nitrogens is 3. The number of nitrogens with zero attached hydrogens (tertiary/aromatic N) is 3. The molecule has 6 rings (SSSR count). The zero-order chi connectivity index (χ0) is 19.4. The molecule has 5 heterocycles. The highest BCUT2D eigenvalue weighted by molar-refractivity contribution is 7.14. The number of halogens is 1. The highest BCUT2D eigenvalue weighted by Crippen LogP contribution is 2.36. The molecule has 3 N–H and O–H groups in total. The predicted octanol–water partition coefficient (Wildman–Crippen LogP) is 5.36. The van der Waals surface area contributed by atoms with Crippen molar-refractivity contribution in [2.75, 3.05) is 0 Å². The van der Waals surface area contributed by atoms with Crippen LogP contribution in [0.1, 0.15) is 0 Å². The van der Waals surface area contributed by atoms with Crippen LogP contribution in [0.15, 0.2) is 61.2 Å². The van der Waals surface area contributed by atoms with E-state index in [0.29, 0.717) is 0 Å². The van der Waals surface area contributed by atoms with Gasteiger partial charge in [-0.05, 0) is 35.9 Å². The maximum Gasteiger partial charge on any atom is 0.176 e. The van der Waals surface area contributed by atoms with Crippen LogP contribution < -0.4 is 0 Å². The van der Waals surface area contributed by atoms with E-state index >= 15 is 0 Å². The Labute approximate surface area is 167 Å². The van der Waals surface area contributed by atoms with Crippen LogP contribution in [-0.4, -0.2) is 30.4 Å². The van der Waals surface area contributed by atoms with E-state index in [-0.39, 0.29) is 5.13 Å². The van der Waals surface area contributed by atoms with Crippen LogP contribution in [-0.2, 0) is 0 Å². The lowest BCUT2D eigenvalue weighted by atomic mass is 10.1. The molecule has 0 atom stereocenters. The van der Waals surface area contributed by atoms with E-state index in [1.807, 2.05) is 24.4 Å². The fraction of sp³-hybridized carbons (Fsp3) is 0. The summed E-state index contributed by atoms with van der Waals surface area (Å²) in [5, 5.41) is 16.3. The molecule has 0 saturated heterocycles. The number of hydrogen-bond donors (Lipinski definition) is 3. The minimum absolute atomic E-state index is 0.210. The molecule has 0 fully saturated rings. The van der Waals surface area contributed by atoms with Crippen molar-refractivity contribution in [3.05, 3.63) is 66.3 Å². The molecule has 0 aliphatic carbocycles. The number of benzene rings is 1. The van der Waals surface area contributed by atoms with E-state index < -0.39 is 0 Å². The molecule has 140 valence electrons. The van der Waals surface area contributed by atoms with E-state index in [9.17, 15) is 4.39 Å². The van der Waals surface area contributed by atoms with E-state index in [1.54, 1.807) is 24.7 Å². The molecule has 0 saturated carbocycles. The van der Waals surface area contributed by atoms with Gasteiger partial charge in [0.05, 0.1) is 29.1 Å². The highest BCUT2D eigenvalue weighted by Gasteiger charge is 2.15. The molecule has 1 aromatic carbocycles. The largest absolute Gasteiger partial charge is 0.352 e. The van der Waals surface area contributed by atoms with Crippen molar-refractivity contribution < 1.29 is 4.39 Å². The van der Waals surface area contributed by atoms with Crippen LogP contribution in [0.4, 0.5) is 4.39 Å². The molecule has 8 heteroatoms. The molecule has 0 bridgehead atoms. The van der Waals surface area contributed by atoms with Crippen molar-refractivity contribution in [1.82, 2.24) is 30.4 Å². The van der Waals surface area contributed by atoms with Gasteiger partial charge >= 0.3 is 0 Å². The number of aromatic amines is 3. The molecule has 6 aromatic rings. The van der Waals surface area contributed by atoms with Crippen LogP contribution in [0.5, 0.6) is 0 Å². The average Bonchev–Trinajstić information content (AvgIpc) is 3.51. The predicted molar refractivity (Wildman–Crippen MR) is 112 cm³/mol. The summed E-state index contributed by atoms with van der Waals surface area (Å²) in [6.07, 6.45) is 7.20.